The van der Waals surface area contributed by atoms with Crippen molar-refractivity contribution < 1.29 is 13.9 Å². The molecule has 0 bridgehead atoms. The van der Waals surface area contributed by atoms with E-state index >= 15 is 0 Å². The number of carbonyl (C=O) groups is 1. The summed E-state index contributed by atoms with van der Waals surface area (Å²) < 4.78 is 10.8. The Hall–Kier alpha value is -1.95. The van der Waals surface area contributed by atoms with E-state index in [2.05, 4.69) is 10.3 Å². The van der Waals surface area contributed by atoms with Crippen LogP contribution >= 0.6 is 11.8 Å². The van der Waals surface area contributed by atoms with Gasteiger partial charge in [-0.25, -0.2) is 4.98 Å². The van der Waals surface area contributed by atoms with Crippen molar-refractivity contribution in [2.24, 2.45) is 0 Å². The van der Waals surface area contributed by atoms with Crippen LogP contribution in [-0.2, 0) is 4.79 Å². The van der Waals surface area contributed by atoms with Crippen LogP contribution in [0, 0.1) is 13.8 Å². The van der Waals surface area contributed by atoms with Crippen LogP contribution in [0.4, 0.5) is 0 Å². The van der Waals surface area contributed by atoms with Gasteiger partial charge in [-0.3, -0.25) is 4.79 Å². The number of hydrogen-bond acceptors (Lipinski definition) is 5. The number of benzene rings is 1. The van der Waals surface area contributed by atoms with Crippen LogP contribution in [0.5, 0.6) is 5.75 Å². The van der Waals surface area contributed by atoms with E-state index in [4.69, 9.17) is 9.15 Å². The third-order valence-electron chi connectivity index (χ3n) is 3.32. The molecule has 0 fully saturated rings. The number of thioether (sulfide) groups is 1. The van der Waals surface area contributed by atoms with Gasteiger partial charge in [-0.15, -0.1) is 0 Å². The highest BCUT2D eigenvalue weighted by Gasteiger charge is 2.15. The monoisotopic (exact) mass is 320 g/mol. The van der Waals surface area contributed by atoms with E-state index in [9.17, 15) is 4.79 Å². The van der Waals surface area contributed by atoms with Crippen LogP contribution in [0.15, 0.2) is 33.9 Å². The summed E-state index contributed by atoms with van der Waals surface area (Å²) in [6.45, 7) is 5.67. The molecule has 1 heterocycles. The number of methoxy groups -OCH3 is 1. The Morgan fingerprint density at radius 2 is 2.14 bits per heavy atom. The van der Waals surface area contributed by atoms with Gasteiger partial charge in [0.1, 0.15) is 11.5 Å². The van der Waals surface area contributed by atoms with E-state index < -0.39 is 0 Å². The number of para-hydroxylation sites is 1. The Kier molecular flexibility index (Phi) is 5.49. The number of hydrogen-bond donors (Lipinski definition) is 1. The number of aryl methyl sites for hydroxylation is 2. The molecule has 5 nitrogen and oxygen atoms in total. The lowest BCUT2D eigenvalue weighted by atomic mass is 10.1. The lowest BCUT2D eigenvalue weighted by Gasteiger charge is -2.16. The fourth-order valence-corrected chi connectivity index (χ4v) is 2.74. The van der Waals surface area contributed by atoms with Crippen molar-refractivity contribution in [3.05, 3.63) is 41.3 Å². The minimum atomic E-state index is -0.128. The van der Waals surface area contributed by atoms with Crippen LogP contribution in [-0.4, -0.2) is 23.8 Å². The van der Waals surface area contributed by atoms with Crippen LogP contribution in [0.1, 0.15) is 30.0 Å². The number of aromatic nitrogens is 1. The molecule has 118 valence electrons. The highest BCUT2D eigenvalue weighted by molar-refractivity contribution is 7.99. The second-order valence-electron chi connectivity index (χ2n) is 4.94. The zero-order valence-electron chi connectivity index (χ0n) is 13.2. The van der Waals surface area contributed by atoms with Crippen molar-refractivity contribution in [3.63, 3.8) is 0 Å². The SMILES string of the molecule is COc1ccccc1C(C)NC(=O)CSc1nc(C)c(C)o1. The molecule has 0 aliphatic rings. The summed E-state index contributed by atoms with van der Waals surface area (Å²) >= 11 is 1.29. The largest absolute Gasteiger partial charge is 0.496 e. The smallest absolute Gasteiger partial charge is 0.256 e. The lowest BCUT2D eigenvalue weighted by molar-refractivity contribution is -0.119. The number of nitrogens with zero attached hydrogens (tertiary/aromatic N) is 1. The van der Waals surface area contributed by atoms with Gasteiger partial charge >= 0.3 is 0 Å². The van der Waals surface area contributed by atoms with Gasteiger partial charge in [0.25, 0.3) is 5.22 Å². The van der Waals surface area contributed by atoms with Gasteiger partial charge < -0.3 is 14.5 Å². The molecule has 1 aromatic carbocycles. The fourth-order valence-electron chi connectivity index (χ4n) is 2.02. The van der Waals surface area contributed by atoms with Gasteiger partial charge in [-0.2, -0.15) is 0 Å². The normalized spacial score (nSPS) is 12.0. The summed E-state index contributed by atoms with van der Waals surface area (Å²) in [4.78, 5) is 16.3. The van der Waals surface area contributed by atoms with Gasteiger partial charge in [0.15, 0.2) is 0 Å². The number of carbonyl (C=O) groups excluding carboxylic acids is 1. The highest BCUT2D eigenvalue weighted by atomic mass is 32.2. The number of amides is 1. The quantitative estimate of drug-likeness (QED) is 0.828. The summed E-state index contributed by atoms with van der Waals surface area (Å²) in [7, 11) is 1.62. The molecule has 1 unspecified atom stereocenters. The molecule has 1 N–H and O–H groups in total. The molecular weight excluding hydrogens is 300 g/mol. The highest BCUT2D eigenvalue weighted by Crippen LogP contribution is 2.25. The third kappa shape index (κ3) is 4.04. The predicted molar refractivity (Wildman–Crippen MR) is 86.3 cm³/mol. The van der Waals surface area contributed by atoms with Crippen LogP contribution in [0.25, 0.3) is 0 Å². The molecule has 1 atom stereocenters. The Morgan fingerprint density at radius 1 is 1.41 bits per heavy atom. The second kappa shape index (κ2) is 7.35. The van der Waals surface area contributed by atoms with Gasteiger partial charge in [0, 0.05) is 5.56 Å². The topological polar surface area (TPSA) is 64.4 Å². The second-order valence-corrected chi connectivity index (χ2v) is 5.87. The van der Waals surface area contributed by atoms with Crippen molar-refractivity contribution in [1.82, 2.24) is 10.3 Å². The average Bonchev–Trinajstić information content (AvgIpc) is 2.83. The average molecular weight is 320 g/mol. The summed E-state index contributed by atoms with van der Waals surface area (Å²) in [5.41, 5.74) is 1.80. The molecule has 0 radical (unpaired) electrons. The first-order valence-electron chi connectivity index (χ1n) is 7.00. The molecule has 0 aliphatic heterocycles. The van der Waals surface area contributed by atoms with E-state index in [-0.39, 0.29) is 17.7 Å². The fraction of sp³-hybridized carbons (Fsp3) is 0.375. The van der Waals surface area contributed by atoms with E-state index in [1.165, 1.54) is 11.8 Å². The molecule has 1 amide bonds. The first-order valence-corrected chi connectivity index (χ1v) is 7.99. The van der Waals surface area contributed by atoms with Crippen LogP contribution < -0.4 is 10.1 Å². The first-order chi connectivity index (χ1) is 10.5. The van der Waals surface area contributed by atoms with Gasteiger partial charge in [0.05, 0.1) is 24.6 Å². The van der Waals surface area contributed by atoms with E-state index in [1.807, 2.05) is 45.0 Å². The minimum absolute atomic E-state index is 0.0723. The van der Waals surface area contributed by atoms with Crippen LogP contribution in [0.2, 0.25) is 0 Å². The number of oxazole rings is 1. The van der Waals surface area contributed by atoms with Gasteiger partial charge in [-0.1, -0.05) is 30.0 Å². The number of rotatable bonds is 6. The zero-order valence-corrected chi connectivity index (χ0v) is 14.0. The molecule has 0 saturated heterocycles. The molecule has 22 heavy (non-hydrogen) atoms. The Balaban J connectivity index is 1.91. The molecule has 2 rings (SSSR count). The van der Waals surface area contributed by atoms with E-state index in [0.717, 1.165) is 22.8 Å². The third-order valence-corrected chi connectivity index (χ3v) is 4.15. The van der Waals surface area contributed by atoms with Gasteiger partial charge in [-0.05, 0) is 26.8 Å². The lowest BCUT2D eigenvalue weighted by Crippen LogP contribution is -2.28. The van der Waals surface area contributed by atoms with E-state index in [1.54, 1.807) is 7.11 Å². The van der Waals surface area contributed by atoms with Crippen molar-refractivity contribution >= 4 is 17.7 Å². The maximum absolute atomic E-state index is 12.0. The molecular formula is C16H20N2O3S. The van der Waals surface area contributed by atoms with Gasteiger partial charge in [0.2, 0.25) is 5.91 Å². The number of ether oxygens (including phenoxy) is 1. The Bertz CT molecular complexity index is 635. The summed E-state index contributed by atoms with van der Waals surface area (Å²) in [6, 6.07) is 7.52. The molecule has 0 aliphatic carbocycles. The summed E-state index contributed by atoms with van der Waals surface area (Å²) in [6.07, 6.45) is 0. The van der Waals surface area contributed by atoms with E-state index in [0.29, 0.717) is 5.22 Å². The predicted octanol–water partition coefficient (Wildman–Crippen LogP) is 3.27. The van der Waals surface area contributed by atoms with Crippen molar-refractivity contribution in [3.8, 4) is 5.75 Å². The maximum Gasteiger partial charge on any atom is 0.256 e. The molecule has 1 aromatic heterocycles. The first kappa shape index (κ1) is 16.4. The molecule has 2 aromatic rings. The Morgan fingerprint density at radius 3 is 2.77 bits per heavy atom. The summed E-state index contributed by atoms with van der Waals surface area (Å²) in [5.74, 6) is 1.74. The molecule has 6 heteroatoms. The Labute approximate surface area is 134 Å². The molecule has 0 spiro atoms. The minimum Gasteiger partial charge on any atom is -0.496 e. The van der Waals surface area contributed by atoms with Crippen LogP contribution in [0.3, 0.4) is 0 Å². The summed E-state index contributed by atoms with van der Waals surface area (Å²) in [5, 5.41) is 3.48. The van der Waals surface area contributed by atoms with Crippen molar-refractivity contribution in [1.29, 1.82) is 0 Å². The van der Waals surface area contributed by atoms with Crippen molar-refractivity contribution in [2.45, 2.75) is 32.0 Å². The van der Waals surface area contributed by atoms with Crippen molar-refractivity contribution in [2.75, 3.05) is 12.9 Å². The molecule has 0 saturated carbocycles. The maximum atomic E-state index is 12.0. The zero-order chi connectivity index (χ0) is 16.1. The standard InChI is InChI=1S/C16H20N2O3S/c1-10-12(3)21-16(18-10)22-9-15(19)17-11(2)13-7-5-6-8-14(13)20-4/h5-8,11H,9H2,1-4H3,(H,17,19). The number of nitrogens with one attached hydrogen (secondary N) is 1.